The Labute approximate surface area is 147 Å². The minimum Gasteiger partial charge on any atom is -0.477 e. The summed E-state index contributed by atoms with van der Waals surface area (Å²) in [5, 5.41) is 13.9. The monoisotopic (exact) mass is 342 g/mol. The lowest BCUT2D eigenvalue weighted by Gasteiger charge is -2.09. The molecule has 0 saturated carbocycles. The Bertz CT molecular complexity index is 717. The Morgan fingerprint density at radius 2 is 1.92 bits per heavy atom. The summed E-state index contributed by atoms with van der Waals surface area (Å²) in [6.45, 7) is 2.22. The molecule has 132 valence electrons. The zero-order valence-electron chi connectivity index (χ0n) is 14.2. The van der Waals surface area contributed by atoms with Crippen molar-refractivity contribution in [2.45, 2.75) is 26.2 Å². The number of nitrogens with one attached hydrogen (secondary N) is 1. The minimum atomic E-state index is -0.494. The van der Waals surface area contributed by atoms with Crippen molar-refractivity contribution < 1.29 is 14.5 Å². The Balaban J connectivity index is 1.77. The van der Waals surface area contributed by atoms with Crippen molar-refractivity contribution in [2.24, 2.45) is 0 Å². The predicted octanol–water partition coefficient (Wildman–Crippen LogP) is 3.29. The number of amides is 1. The number of hydrogen-bond donors (Lipinski definition) is 1. The maximum absolute atomic E-state index is 11.8. The first kappa shape index (κ1) is 18.4. The number of aryl methyl sites for hydroxylation is 2. The van der Waals surface area contributed by atoms with E-state index in [4.69, 9.17) is 4.74 Å². The van der Waals surface area contributed by atoms with Gasteiger partial charge in [0.2, 0.25) is 0 Å². The van der Waals surface area contributed by atoms with Crippen LogP contribution in [0.3, 0.4) is 0 Å². The molecule has 2 aromatic rings. The molecule has 0 bridgehead atoms. The van der Waals surface area contributed by atoms with Crippen molar-refractivity contribution in [3.63, 3.8) is 0 Å². The highest BCUT2D eigenvalue weighted by molar-refractivity contribution is 5.77. The van der Waals surface area contributed by atoms with Gasteiger partial charge < -0.3 is 10.1 Å². The van der Waals surface area contributed by atoms with Crippen molar-refractivity contribution in [2.75, 3.05) is 13.2 Å². The molecule has 1 amide bonds. The molecule has 0 aromatic heterocycles. The van der Waals surface area contributed by atoms with E-state index in [9.17, 15) is 14.9 Å². The predicted molar refractivity (Wildman–Crippen MR) is 95.7 cm³/mol. The molecule has 1 N–H and O–H groups in total. The van der Waals surface area contributed by atoms with Crippen LogP contribution in [0, 0.1) is 10.1 Å². The average molecular weight is 342 g/mol. The molecule has 0 unspecified atom stereocenters. The molecule has 0 radical (unpaired) electrons. The van der Waals surface area contributed by atoms with Crippen LogP contribution < -0.4 is 10.1 Å². The van der Waals surface area contributed by atoms with Gasteiger partial charge in [0.25, 0.3) is 5.91 Å². The number of nitro groups is 1. The van der Waals surface area contributed by atoms with Crippen LogP contribution in [-0.2, 0) is 17.6 Å². The highest BCUT2D eigenvalue weighted by atomic mass is 16.6. The Kier molecular flexibility index (Phi) is 6.95. The SMILES string of the molecule is CCc1ccc(OCC(=O)NCCCc2ccccc2)c([N+](=O)[O-])c1. The number of nitro benzene ring substituents is 1. The molecule has 25 heavy (non-hydrogen) atoms. The Hall–Kier alpha value is -2.89. The van der Waals surface area contributed by atoms with E-state index in [1.807, 2.05) is 37.3 Å². The number of ether oxygens (including phenoxy) is 1. The fourth-order valence-electron chi connectivity index (χ4n) is 2.41. The minimum absolute atomic E-state index is 0.113. The van der Waals surface area contributed by atoms with Crippen LogP contribution in [0.5, 0.6) is 5.75 Å². The van der Waals surface area contributed by atoms with Gasteiger partial charge in [-0.1, -0.05) is 43.3 Å². The first-order chi connectivity index (χ1) is 12.1. The average Bonchev–Trinajstić information content (AvgIpc) is 2.64. The lowest BCUT2D eigenvalue weighted by molar-refractivity contribution is -0.385. The fourth-order valence-corrected chi connectivity index (χ4v) is 2.41. The van der Waals surface area contributed by atoms with Crippen molar-refractivity contribution in [1.29, 1.82) is 0 Å². The normalized spacial score (nSPS) is 10.3. The summed E-state index contributed by atoms with van der Waals surface area (Å²) >= 11 is 0. The highest BCUT2D eigenvalue weighted by Gasteiger charge is 2.16. The second-order valence-electron chi connectivity index (χ2n) is 5.64. The van der Waals surface area contributed by atoms with Gasteiger partial charge in [-0.2, -0.15) is 0 Å². The molecule has 0 fully saturated rings. The van der Waals surface area contributed by atoms with Crippen LogP contribution >= 0.6 is 0 Å². The first-order valence-corrected chi connectivity index (χ1v) is 8.31. The number of carbonyl (C=O) groups is 1. The second kappa shape index (κ2) is 9.42. The van der Waals surface area contributed by atoms with E-state index in [0.717, 1.165) is 18.4 Å². The van der Waals surface area contributed by atoms with E-state index in [0.29, 0.717) is 13.0 Å². The molecular formula is C19H22N2O4. The second-order valence-corrected chi connectivity index (χ2v) is 5.64. The molecule has 0 aliphatic rings. The zero-order valence-corrected chi connectivity index (χ0v) is 14.2. The summed E-state index contributed by atoms with van der Waals surface area (Å²) in [6.07, 6.45) is 2.40. The fraction of sp³-hybridized carbons (Fsp3) is 0.316. The number of benzene rings is 2. The van der Waals surface area contributed by atoms with E-state index in [2.05, 4.69) is 5.32 Å². The van der Waals surface area contributed by atoms with Crippen molar-refractivity contribution in [3.05, 3.63) is 69.8 Å². The van der Waals surface area contributed by atoms with Crippen LogP contribution in [0.15, 0.2) is 48.5 Å². The van der Waals surface area contributed by atoms with E-state index >= 15 is 0 Å². The number of rotatable bonds is 9. The lowest BCUT2D eigenvalue weighted by Crippen LogP contribution is -2.30. The van der Waals surface area contributed by atoms with Gasteiger partial charge in [0.05, 0.1) is 4.92 Å². The third-order valence-electron chi connectivity index (χ3n) is 3.79. The van der Waals surface area contributed by atoms with Crippen LogP contribution in [0.4, 0.5) is 5.69 Å². The van der Waals surface area contributed by atoms with E-state index < -0.39 is 4.92 Å². The van der Waals surface area contributed by atoms with Crippen molar-refractivity contribution in [1.82, 2.24) is 5.32 Å². The number of carbonyl (C=O) groups excluding carboxylic acids is 1. The number of nitrogens with zero attached hydrogens (tertiary/aromatic N) is 1. The van der Waals surface area contributed by atoms with Gasteiger partial charge in [0, 0.05) is 12.6 Å². The largest absolute Gasteiger partial charge is 0.477 e. The van der Waals surface area contributed by atoms with Crippen LogP contribution in [0.1, 0.15) is 24.5 Å². The quantitative estimate of drug-likeness (QED) is 0.431. The molecule has 0 atom stereocenters. The summed E-state index contributed by atoms with van der Waals surface area (Å²) in [6, 6.07) is 14.8. The Morgan fingerprint density at radius 3 is 2.60 bits per heavy atom. The van der Waals surface area contributed by atoms with E-state index in [-0.39, 0.29) is 24.0 Å². The summed E-state index contributed by atoms with van der Waals surface area (Å²) in [7, 11) is 0. The zero-order chi connectivity index (χ0) is 18.1. The summed E-state index contributed by atoms with van der Waals surface area (Å²) in [5.74, 6) is -0.177. The third-order valence-corrected chi connectivity index (χ3v) is 3.79. The van der Waals surface area contributed by atoms with Crippen LogP contribution in [0.25, 0.3) is 0 Å². The molecule has 0 spiro atoms. The maximum atomic E-state index is 11.8. The van der Waals surface area contributed by atoms with Gasteiger partial charge in [-0.3, -0.25) is 14.9 Å². The molecule has 6 heteroatoms. The third kappa shape index (κ3) is 5.91. The van der Waals surface area contributed by atoms with Gasteiger partial charge in [-0.25, -0.2) is 0 Å². The van der Waals surface area contributed by atoms with Gasteiger partial charge in [0.1, 0.15) is 0 Å². The topological polar surface area (TPSA) is 81.5 Å². The van der Waals surface area contributed by atoms with Gasteiger partial charge in [0.15, 0.2) is 12.4 Å². The summed E-state index contributed by atoms with van der Waals surface area (Å²) in [4.78, 5) is 22.4. The Morgan fingerprint density at radius 1 is 1.16 bits per heavy atom. The molecule has 0 aliphatic carbocycles. The molecular weight excluding hydrogens is 320 g/mol. The molecule has 0 aliphatic heterocycles. The molecule has 6 nitrogen and oxygen atoms in total. The maximum Gasteiger partial charge on any atom is 0.311 e. The van der Waals surface area contributed by atoms with Gasteiger partial charge in [-0.05, 0) is 36.5 Å². The standard InChI is InChI=1S/C19H22N2O4/c1-2-15-10-11-18(17(13-15)21(23)24)25-14-19(22)20-12-6-9-16-7-4-3-5-8-16/h3-5,7-8,10-11,13H,2,6,9,12,14H2,1H3,(H,20,22). The van der Waals surface area contributed by atoms with Crippen molar-refractivity contribution >= 4 is 11.6 Å². The summed E-state index contributed by atoms with van der Waals surface area (Å²) in [5.41, 5.74) is 1.96. The molecule has 2 aromatic carbocycles. The summed E-state index contributed by atoms with van der Waals surface area (Å²) < 4.78 is 5.32. The first-order valence-electron chi connectivity index (χ1n) is 8.31. The molecule has 0 heterocycles. The van der Waals surface area contributed by atoms with Gasteiger partial charge >= 0.3 is 5.69 Å². The highest BCUT2D eigenvalue weighted by Crippen LogP contribution is 2.28. The van der Waals surface area contributed by atoms with E-state index in [1.165, 1.54) is 11.6 Å². The molecule has 0 saturated heterocycles. The van der Waals surface area contributed by atoms with Crippen molar-refractivity contribution in [3.8, 4) is 5.75 Å². The van der Waals surface area contributed by atoms with Crippen LogP contribution in [-0.4, -0.2) is 24.0 Å². The van der Waals surface area contributed by atoms with Crippen LogP contribution in [0.2, 0.25) is 0 Å². The lowest BCUT2D eigenvalue weighted by atomic mass is 10.1. The van der Waals surface area contributed by atoms with Gasteiger partial charge in [-0.15, -0.1) is 0 Å². The smallest absolute Gasteiger partial charge is 0.311 e. The van der Waals surface area contributed by atoms with E-state index in [1.54, 1.807) is 12.1 Å². The number of hydrogen-bond acceptors (Lipinski definition) is 4. The molecule has 2 rings (SSSR count).